The van der Waals surface area contributed by atoms with E-state index in [2.05, 4.69) is 25.2 Å². The molecular weight excluding hydrogens is 286 g/mol. The zero-order valence-electron chi connectivity index (χ0n) is 13.9. The molecule has 1 aliphatic carbocycles. The largest absolute Gasteiger partial charge is 0.464 e. The fourth-order valence-electron chi connectivity index (χ4n) is 3.15. The Hall–Kier alpha value is -2.28. The normalized spacial score (nSPS) is 13.7. The van der Waals surface area contributed by atoms with Gasteiger partial charge < -0.3 is 9.73 Å². The summed E-state index contributed by atoms with van der Waals surface area (Å²) in [5.74, 6) is 2.10. The summed E-state index contributed by atoms with van der Waals surface area (Å²) in [5, 5.41) is 13.1. The molecule has 0 atom stereocenters. The number of nitrogens with zero attached hydrogens (tertiary/aromatic N) is 2. The molecule has 0 fully saturated rings. The highest BCUT2D eigenvalue weighted by Crippen LogP contribution is 2.36. The molecule has 2 aromatic rings. The average Bonchev–Trinajstić information content (AvgIpc) is 3.07. The molecule has 0 aliphatic heterocycles. The minimum atomic E-state index is 0.615. The lowest BCUT2D eigenvalue weighted by Gasteiger charge is -2.21. The lowest BCUT2D eigenvalue weighted by Crippen LogP contribution is -2.14. The van der Waals surface area contributed by atoms with Gasteiger partial charge in [-0.3, -0.25) is 0 Å². The van der Waals surface area contributed by atoms with Crippen LogP contribution in [-0.4, -0.2) is 11.5 Å². The minimum absolute atomic E-state index is 0.615. The zero-order valence-corrected chi connectivity index (χ0v) is 13.9. The minimum Gasteiger partial charge on any atom is -0.464 e. The molecule has 23 heavy (non-hydrogen) atoms. The Morgan fingerprint density at radius 1 is 1.35 bits per heavy atom. The third-order valence-electron chi connectivity index (χ3n) is 4.37. The molecule has 0 amide bonds. The highest BCUT2D eigenvalue weighted by atomic mass is 16.3. The first kappa shape index (κ1) is 15.6. The molecule has 0 aromatic carbocycles. The first-order valence-corrected chi connectivity index (χ1v) is 8.44. The van der Waals surface area contributed by atoms with Gasteiger partial charge in [-0.1, -0.05) is 13.8 Å². The number of furan rings is 1. The fraction of sp³-hybridized carbons (Fsp3) is 0.474. The Morgan fingerprint density at radius 2 is 2.17 bits per heavy atom. The number of aryl methyl sites for hydroxylation is 1. The monoisotopic (exact) mass is 309 g/mol. The van der Waals surface area contributed by atoms with E-state index in [0.29, 0.717) is 17.3 Å². The van der Waals surface area contributed by atoms with Gasteiger partial charge in [0, 0.05) is 17.8 Å². The molecule has 120 valence electrons. The van der Waals surface area contributed by atoms with Crippen LogP contribution in [0.5, 0.6) is 0 Å². The van der Waals surface area contributed by atoms with Crippen LogP contribution in [0.15, 0.2) is 22.8 Å². The van der Waals surface area contributed by atoms with Crippen molar-refractivity contribution in [2.45, 2.75) is 46.0 Å². The average molecular weight is 309 g/mol. The van der Waals surface area contributed by atoms with Crippen molar-refractivity contribution in [3.05, 3.63) is 35.2 Å². The number of nitriles is 1. The van der Waals surface area contributed by atoms with Gasteiger partial charge in [0.1, 0.15) is 23.2 Å². The van der Waals surface area contributed by atoms with E-state index in [-0.39, 0.29) is 0 Å². The summed E-state index contributed by atoms with van der Waals surface area (Å²) in [7, 11) is 0. The van der Waals surface area contributed by atoms with Gasteiger partial charge in [-0.25, -0.2) is 4.98 Å². The predicted octanol–water partition coefficient (Wildman–Crippen LogP) is 4.55. The summed E-state index contributed by atoms with van der Waals surface area (Å²) in [6, 6.07) is 6.16. The summed E-state index contributed by atoms with van der Waals surface area (Å²) in [6.07, 6.45) is 6.98. The van der Waals surface area contributed by atoms with Gasteiger partial charge in [-0.15, -0.1) is 0 Å². The van der Waals surface area contributed by atoms with Crippen LogP contribution >= 0.6 is 0 Å². The van der Waals surface area contributed by atoms with Gasteiger partial charge in [-0.2, -0.15) is 5.26 Å². The Labute approximate surface area is 137 Å². The van der Waals surface area contributed by atoms with Crippen LogP contribution in [0.25, 0.3) is 11.3 Å². The smallest absolute Gasteiger partial charge is 0.145 e. The topological polar surface area (TPSA) is 61.9 Å². The number of pyridine rings is 1. The van der Waals surface area contributed by atoms with Crippen LogP contribution in [0.4, 0.5) is 5.82 Å². The molecule has 0 bridgehead atoms. The molecule has 0 spiro atoms. The van der Waals surface area contributed by atoms with E-state index in [1.54, 1.807) is 6.26 Å². The fourth-order valence-corrected chi connectivity index (χ4v) is 3.15. The quantitative estimate of drug-likeness (QED) is 0.880. The van der Waals surface area contributed by atoms with E-state index in [0.717, 1.165) is 55.7 Å². The first-order valence-electron chi connectivity index (χ1n) is 8.44. The first-order chi connectivity index (χ1) is 11.2. The van der Waals surface area contributed by atoms with Crippen molar-refractivity contribution in [1.29, 1.82) is 5.26 Å². The van der Waals surface area contributed by atoms with Gasteiger partial charge in [0.25, 0.3) is 0 Å². The van der Waals surface area contributed by atoms with E-state index in [4.69, 9.17) is 9.40 Å². The second kappa shape index (κ2) is 6.87. The molecule has 4 nitrogen and oxygen atoms in total. The van der Waals surface area contributed by atoms with Crippen LogP contribution in [0, 0.1) is 17.2 Å². The van der Waals surface area contributed by atoms with E-state index in [1.807, 2.05) is 12.1 Å². The molecule has 2 aromatic heterocycles. The second-order valence-corrected chi connectivity index (χ2v) is 6.54. The van der Waals surface area contributed by atoms with Crippen molar-refractivity contribution in [2.75, 3.05) is 11.9 Å². The maximum absolute atomic E-state index is 9.74. The van der Waals surface area contributed by atoms with Crippen molar-refractivity contribution >= 4 is 5.82 Å². The summed E-state index contributed by atoms with van der Waals surface area (Å²) in [6.45, 7) is 5.22. The molecule has 3 rings (SSSR count). The van der Waals surface area contributed by atoms with Crippen LogP contribution in [-0.2, 0) is 12.8 Å². The standard InChI is InChI=1S/C19H23N3O/c1-13(2)9-10-21-19-15(12-20)18(17-8-5-11-23-17)14-6-3-4-7-16(14)22-19/h5,8,11,13H,3-4,6-7,9-10H2,1-2H3,(H,21,22). The highest BCUT2D eigenvalue weighted by Gasteiger charge is 2.24. The maximum atomic E-state index is 9.74. The molecule has 2 heterocycles. The highest BCUT2D eigenvalue weighted by molar-refractivity contribution is 5.77. The third kappa shape index (κ3) is 3.24. The Balaban J connectivity index is 2.06. The van der Waals surface area contributed by atoms with Gasteiger partial charge in [-0.05, 0) is 55.7 Å². The molecule has 4 heteroatoms. The predicted molar refractivity (Wildman–Crippen MR) is 91.2 cm³/mol. The van der Waals surface area contributed by atoms with Crippen molar-refractivity contribution in [3.63, 3.8) is 0 Å². The summed E-state index contributed by atoms with van der Waals surface area (Å²) >= 11 is 0. The number of nitrogens with one attached hydrogen (secondary N) is 1. The van der Waals surface area contributed by atoms with Gasteiger partial charge in [0.05, 0.1) is 6.26 Å². The number of hydrogen-bond acceptors (Lipinski definition) is 4. The van der Waals surface area contributed by atoms with Crippen molar-refractivity contribution in [2.24, 2.45) is 5.92 Å². The SMILES string of the molecule is CC(C)CCNc1nc2c(c(-c3ccco3)c1C#N)CCCC2. The van der Waals surface area contributed by atoms with Gasteiger partial charge >= 0.3 is 0 Å². The van der Waals surface area contributed by atoms with E-state index >= 15 is 0 Å². The molecule has 1 aliphatic rings. The number of hydrogen-bond donors (Lipinski definition) is 1. The Morgan fingerprint density at radius 3 is 2.87 bits per heavy atom. The third-order valence-corrected chi connectivity index (χ3v) is 4.37. The van der Waals surface area contributed by atoms with E-state index in [9.17, 15) is 5.26 Å². The van der Waals surface area contributed by atoms with Crippen molar-refractivity contribution in [3.8, 4) is 17.4 Å². The molecule has 1 N–H and O–H groups in total. The molecule has 0 radical (unpaired) electrons. The van der Waals surface area contributed by atoms with Crippen LogP contribution in [0.3, 0.4) is 0 Å². The van der Waals surface area contributed by atoms with Crippen LogP contribution in [0.1, 0.15) is 49.9 Å². The maximum Gasteiger partial charge on any atom is 0.145 e. The second-order valence-electron chi connectivity index (χ2n) is 6.54. The van der Waals surface area contributed by atoms with Crippen LogP contribution < -0.4 is 5.32 Å². The van der Waals surface area contributed by atoms with Gasteiger partial charge in [0.15, 0.2) is 0 Å². The lowest BCUT2D eigenvalue weighted by molar-refractivity contribution is 0.578. The Kier molecular flexibility index (Phi) is 4.66. The molecule has 0 unspecified atom stereocenters. The van der Waals surface area contributed by atoms with E-state index < -0.39 is 0 Å². The lowest BCUT2D eigenvalue weighted by atomic mass is 9.88. The van der Waals surface area contributed by atoms with Gasteiger partial charge in [0.2, 0.25) is 0 Å². The zero-order chi connectivity index (χ0) is 16.2. The van der Waals surface area contributed by atoms with Crippen LogP contribution in [0.2, 0.25) is 0 Å². The van der Waals surface area contributed by atoms with Crippen molar-refractivity contribution < 1.29 is 4.42 Å². The molecule has 0 saturated heterocycles. The van der Waals surface area contributed by atoms with Crippen molar-refractivity contribution in [1.82, 2.24) is 4.98 Å². The summed E-state index contributed by atoms with van der Waals surface area (Å²) < 4.78 is 5.62. The molecular formula is C19H23N3O. The number of anilines is 1. The summed E-state index contributed by atoms with van der Waals surface area (Å²) in [5.41, 5.74) is 3.87. The summed E-state index contributed by atoms with van der Waals surface area (Å²) in [4.78, 5) is 4.78. The number of fused-ring (bicyclic) bond motifs is 1. The molecule has 0 saturated carbocycles. The number of rotatable bonds is 5. The Bertz CT molecular complexity index is 711. The van der Waals surface area contributed by atoms with E-state index in [1.165, 1.54) is 5.56 Å². The number of aromatic nitrogens is 1.